The van der Waals surface area contributed by atoms with Crippen LogP contribution in [0.5, 0.6) is 0 Å². The summed E-state index contributed by atoms with van der Waals surface area (Å²) >= 11 is 0. The van der Waals surface area contributed by atoms with Gasteiger partial charge in [0.25, 0.3) is 0 Å². The molecule has 0 aliphatic carbocycles. The average Bonchev–Trinajstić information content (AvgIpc) is 3.21. The molecule has 9 nitrogen and oxygen atoms in total. The van der Waals surface area contributed by atoms with Gasteiger partial charge in [0.05, 0.1) is 0 Å². The molecule has 5 N–H and O–H groups in total. The summed E-state index contributed by atoms with van der Waals surface area (Å²) in [5, 5.41) is 29.3. The third-order valence-electron chi connectivity index (χ3n) is 3.10. The van der Waals surface area contributed by atoms with Crippen LogP contribution in [0.2, 0.25) is 0 Å². The molecule has 0 saturated carbocycles. The number of hydrogen-bond acceptors (Lipinski definition) is 7. The molecule has 0 amide bonds. The fraction of sp³-hybridized carbons (Fsp3) is 0.0714. The van der Waals surface area contributed by atoms with Gasteiger partial charge >= 0.3 is 0 Å². The second-order valence-corrected chi connectivity index (χ2v) is 4.83. The van der Waals surface area contributed by atoms with Crippen LogP contribution < -0.4 is 5.73 Å². The number of aromatic amines is 2. The third kappa shape index (κ3) is 3.40. The van der Waals surface area contributed by atoms with Crippen molar-refractivity contribution >= 4 is 17.2 Å². The topological polar surface area (TPSA) is 146 Å². The lowest BCUT2D eigenvalue weighted by atomic mass is 10.1. The molecule has 0 bridgehead atoms. The van der Waals surface area contributed by atoms with Gasteiger partial charge in [-0.05, 0) is 29.0 Å². The van der Waals surface area contributed by atoms with Gasteiger partial charge in [0.1, 0.15) is 11.5 Å². The SMILES string of the molecule is Nc1ccc(Cc2cc(C(O)=CC(=O)c3nn[nH]n3)n[nH]2)cc1. The highest BCUT2D eigenvalue weighted by Crippen LogP contribution is 2.14. The van der Waals surface area contributed by atoms with Gasteiger partial charge in [0.2, 0.25) is 11.6 Å². The second kappa shape index (κ2) is 6.10. The number of aliphatic hydroxyl groups excluding tert-OH is 1. The minimum Gasteiger partial charge on any atom is -0.505 e. The quantitative estimate of drug-likeness (QED) is 0.237. The number of aliphatic hydroxyl groups is 1. The predicted octanol–water partition coefficient (Wildman–Crippen LogP) is 0.878. The van der Waals surface area contributed by atoms with E-state index < -0.39 is 5.78 Å². The van der Waals surface area contributed by atoms with Crippen LogP contribution in [0, 0.1) is 0 Å². The van der Waals surface area contributed by atoms with Gasteiger partial charge in [0.15, 0.2) is 0 Å². The number of benzene rings is 1. The molecule has 2 aromatic heterocycles. The highest BCUT2D eigenvalue weighted by Gasteiger charge is 2.12. The summed E-state index contributed by atoms with van der Waals surface area (Å²) < 4.78 is 0. The maximum Gasteiger partial charge on any atom is 0.244 e. The molecule has 0 radical (unpaired) electrons. The largest absolute Gasteiger partial charge is 0.505 e. The van der Waals surface area contributed by atoms with Crippen LogP contribution >= 0.6 is 0 Å². The van der Waals surface area contributed by atoms with E-state index in [4.69, 9.17) is 5.73 Å². The van der Waals surface area contributed by atoms with Crippen molar-refractivity contribution in [3.63, 3.8) is 0 Å². The number of carbonyl (C=O) groups is 1. The number of aromatic nitrogens is 6. The smallest absolute Gasteiger partial charge is 0.244 e. The van der Waals surface area contributed by atoms with Crippen molar-refractivity contribution < 1.29 is 9.90 Å². The van der Waals surface area contributed by atoms with E-state index in [0.29, 0.717) is 12.1 Å². The van der Waals surface area contributed by atoms with E-state index in [9.17, 15) is 9.90 Å². The molecule has 1 aromatic carbocycles. The zero-order valence-corrected chi connectivity index (χ0v) is 11.9. The van der Waals surface area contributed by atoms with E-state index in [1.165, 1.54) is 0 Å². The number of anilines is 1. The lowest BCUT2D eigenvalue weighted by molar-refractivity contribution is 0.103. The highest BCUT2D eigenvalue weighted by atomic mass is 16.3. The predicted molar refractivity (Wildman–Crippen MR) is 81.4 cm³/mol. The molecule has 0 unspecified atom stereocenters. The van der Waals surface area contributed by atoms with Crippen molar-refractivity contribution in [3.05, 3.63) is 59.2 Å². The number of carbonyl (C=O) groups excluding carboxylic acids is 1. The minimum absolute atomic E-state index is 0.130. The molecule has 0 saturated heterocycles. The Balaban J connectivity index is 1.73. The minimum atomic E-state index is -0.570. The fourth-order valence-electron chi connectivity index (χ4n) is 1.97. The van der Waals surface area contributed by atoms with Crippen LogP contribution in [0.15, 0.2) is 36.4 Å². The number of tetrazole rings is 1. The first-order valence-corrected chi connectivity index (χ1v) is 6.69. The number of nitrogens with two attached hydrogens (primary N) is 1. The van der Waals surface area contributed by atoms with E-state index in [-0.39, 0.29) is 17.3 Å². The van der Waals surface area contributed by atoms with Crippen LogP contribution in [0.4, 0.5) is 5.69 Å². The molecule has 3 aromatic rings. The van der Waals surface area contributed by atoms with Gasteiger partial charge < -0.3 is 10.8 Å². The van der Waals surface area contributed by atoms with Crippen molar-refractivity contribution in [1.82, 2.24) is 30.8 Å². The van der Waals surface area contributed by atoms with Crippen molar-refractivity contribution in [2.75, 3.05) is 5.73 Å². The molecule has 23 heavy (non-hydrogen) atoms. The average molecular weight is 311 g/mol. The summed E-state index contributed by atoms with van der Waals surface area (Å²) in [5.74, 6) is -0.979. The van der Waals surface area contributed by atoms with Crippen LogP contribution in [0.1, 0.15) is 27.6 Å². The Bertz CT molecular complexity index is 834. The van der Waals surface area contributed by atoms with Crippen molar-refractivity contribution in [2.24, 2.45) is 0 Å². The maximum atomic E-state index is 11.7. The summed E-state index contributed by atoms with van der Waals surface area (Å²) in [5.41, 5.74) is 8.42. The molecule has 2 heterocycles. The van der Waals surface area contributed by atoms with Gasteiger partial charge in [-0.2, -0.15) is 10.3 Å². The second-order valence-electron chi connectivity index (χ2n) is 4.83. The van der Waals surface area contributed by atoms with Gasteiger partial charge in [0, 0.05) is 23.9 Å². The summed E-state index contributed by atoms with van der Waals surface area (Å²) in [6.07, 6.45) is 1.59. The number of allylic oxidation sites excluding steroid dienone is 1. The number of nitrogens with zero attached hydrogens (tertiary/aromatic N) is 4. The highest BCUT2D eigenvalue weighted by molar-refractivity contribution is 6.04. The number of nitrogen functional groups attached to an aromatic ring is 1. The van der Waals surface area contributed by atoms with E-state index in [1.807, 2.05) is 24.3 Å². The molecule has 0 fully saturated rings. The normalized spacial score (nSPS) is 11.6. The summed E-state index contributed by atoms with van der Waals surface area (Å²) in [6.45, 7) is 0. The van der Waals surface area contributed by atoms with Gasteiger partial charge in [-0.15, -0.1) is 10.2 Å². The fourth-order valence-corrected chi connectivity index (χ4v) is 1.97. The van der Waals surface area contributed by atoms with Crippen molar-refractivity contribution in [3.8, 4) is 0 Å². The molecular formula is C14H13N7O2. The van der Waals surface area contributed by atoms with Gasteiger partial charge in [-0.3, -0.25) is 9.89 Å². The van der Waals surface area contributed by atoms with E-state index >= 15 is 0 Å². The number of H-pyrrole nitrogens is 2. The molecule has 0 atom stereocenters. The molecular weight excluding hydrogens is 298 g/mol. The lowest BCUT2D eigenvalue weighted by Crippen LogP contribution is -1.99. The first-order chi connectivity index (χ1) is 11.1. The number of nitrogens with one attached hydrogen (secondary N) is 2. The van der Waals surface area contributed by atoms with Gasteiger partial charge in [-0.25, -0.2) is 0 Å². The van der Waals surface area contributed by atoms with Gasteiger partial charge in [-0.1, -0.05) is 12.1 Å². The molecule has 3 rings (SSSR count). The lowest BCUT2D eigenvalue weighted by Gasteiger charge is -1.99. The molecule has 0 aliphatic rings. The Labute approximate surface area is 130 Å². The van der Waals surface area contributed by atoms with E-state index in [2.05, 4.69) is 30.8 Å². The molecule has 116 valence electrons. The van der Waals surface area contributed by atoms with Crippen LogP contribution in [-0.2, 0) is 6.42 Å². The third-order valence-corrected chi connectivity index (χ3v) is 3.10. The first kappa shape index (κ1) is 14.4. The van der Waals surface area contributed by atoms with Crippen molar-refractivity contribution in [2.45, 2.75) is 6.42 Å². The Kier molecular flexibility index (Phi) is 3.83. The van der Waals surface area contributed by atoms with Crippen LogP contribution in [0.3, 0.4) is 0 Å². The monoisotopic (exact) mass is 311 g/mol. The van der Waals surface area contributed by atoms with Crippen molar-refractivity contribution in [1.29, 1.82) is 0 Å². The summed E-state index contributed by atoms with van der Waals surface area (Å²) in [4.78, 5) is 11.7. The number of hydrogen-bond donors (Lipinski definition) is 4. The summed E-state index contributed by atoms with van der Waals surface area (Å²) in [6, 6.07) is 9.10. The molecule has 0 spiro atoms. The first-order valence-electron chi connectivity index (χ1n) is 6.69. The molecule has 9 heteroatoms. The van der Waals surface area contributed by atoms with E-state index in [1.54, 1.807) is 6.07 Å². The molecule has 0 aliphatic heterocycles. The van der Waals surface area contributed by atoms with E-state index in [0.717, 1.165) is 17.3 Å². The zero-order chi connectivity index (χ0) is 16.2. The number of rotatable bonds is 5. The Morgan fingerprint density at radius 2 is 2.04 bits per heavy atom. The Hall–Kier alpha value is -3.49. The van der Waals surface area contributed by atoms with Crippen LogP contribution in [-0.4, -0.2) is 41.7 Å². The zero-order valence-electron chi connectivity index (χ0n) is 11.9. The Morgan fingerprint density at radius 1 is 1.26 bits per heavy atom. The summed E-state index contributed by atoms with van der Waals surface area (Å²) in [7, 11) is 0. The standard InChI is InChI=1S/C14H13N7O2/c15-9-3-1-8(2-4-9)5-10-6-11(17-16-10)12(22)7-13(23)14-18-20-21-19-14/h1-4,6-7,22H,5,15H2,(H,16,17)(H,18,19,20,21). The maximum absolute atomic E-state index is 11.7. The number of ketones is 1. The van der Waals surface area contributed by atoms with Crippen LogP contribution in [0.25, 0.3) is 5.76 Å². The Morgan fingerprint density at radius 3 is 2.74 bits per heavy atom.